The normalized spacial score (nSPS) is 29.8. The molecule has 0 aromatic rings. The number of carbonyl (C=O) groups is 1. The minimum absolute atomic E-state index is 0.0769. The second-order valence-electron chi connectivity index (χ2n) is 8.40. The van der Waals surface area contributed by atoms with Gasteiger partial charge in [-0.1, -0.05) is 50.6 Å². The SMILES string of the molecule is C[Si](C)(C)C[Si](C)(C)COC(=O)C1CC2C=CC1C2. The molecule has 2 bridgehead atoms. The maximum atomic E-state index is 12.2. The number of fused-ring (bicyclic) bond motifs is 2. The summed E-state index contributed by atoms with van der Waals surface area (Å²) < 4.78 is 5.70. The number of carbonyl (C=O) groups excluding carboxylic acids is 1. The van der Waals surface area contributed by atoms with Crippen molar-refractivity contribution in [3.63, 3.8) is 0 Å². The highest BCUT2D eigenvalue weighted by atomic mass is 28.4. The number of allylic oxidation sites excluding steroid dienone is 2. The lowest BCUT2D eigenvalue weighted by atomic mass is 9.94. The van der Waals surface area contributed by atoms with Gasteiger partial charge in [-0.05, 0) is 24.7 Å². The van der Waals surface area contributed by atoms with E-state index >= 15 is 0 Å². The van der Waals surface area contributed by atoms with Gasteiger partial charge in [0.15, 0.2) is 0 Å². The fourth-order valence-electron chi connectivity index (χ4n) is 3.91. The molecule has 0 N–H and O–H groups in total. The van der Waals surface area contributed by atoms with Gasteiger partial charge in [-0.3, -0.25) is 4.79 Å². The first-order chi connectivity index (χ1) is 8.66. The molecule has 108 valence electrons. The van der Waals surface area contributed by atoms with Crippen LogP contribution in [0.15, 0.2) is 12.2 Å². The first kappa shape index (κ1) is 15.0. The van der Waals surface area contributed by atoms with Crippen molar-refractivity contribution in [1.29, 1.82) is 0 Å². The van der Waals surface area contributed by atoms with Gasteiger partial charge in [0.2, 0.25) is 0 Å². The summed E-state index contributed by atoms with van der Waals surface area (Å²) >= 11 is 0. The first-order valence-corrected chi connectivity index (χ1v) is 14.6. The zero-order chi connectivity index (χ0) is 14.3. The summed E-state index contributed by atoms with van der Waals surface area (Å²) in [5, 5.41) is 0. The van der Waals surface area contributed by atoms with Gasteiger partial charge in [-0.2, -0.15) is 0 Å². The van der Waals surface area contributed by atoms with E-state index in [2.05, 4.69) is 44.9 Å². The summed E-state index contributed by atoms with van der Waals surface area (Å²) in [6.45, 7) is 11.9. The van der Waals surface area contributed by atoms with Gasteiger partial charge in [0.1, 0.15) is 0 Å². The molecule has 4 heteroatoms. The van der Waals surface area contributed by atoms with Crippen LogP contribution < -0.4 is 0 Å². The van der Waals surface area contributed by atoms with Gasteiger partial charge < -0.3 is 4.74 Å². The van der Waals surface area contributed by atoms with Crippen LogP contribution in [0.3, 0.4) is 0 Å². The van der Waals surface area contributed by atoms with Gasteiger partial charge in [-0.25, -0.2) is 0 Å². The Balaban J connectivity index is 1.82. The van der Waals surface area contributed by atoms with Crippen molar-refractivity contribution < 1.29 is 9.53 Å². The van der Waals surface area contributed by atoms with E-state index in [1.165, 1.54) is 12.1 Å². The average Bonchev–Trinajstić information content (AvgIpc) is 2.84. The van der Waals surface area contributed by atoms with Gasteiger partial charge in [0.25, 0.3) is 0 Å². The van der Waals surface area contributed by atoms with Crippen molar-refractivity contribution in [1.82, 2.24) is 0 Å². The molecule has 0 aromatic heterocycles. The van der Waals surface area contributed by atoms with Crippen LogP contribution in [-0.4, -0.2) is 28.3 Å². The second kappa shape index (κ2) is 5.20. The van der Waals surface area contributed by atoms with Crippen LogP contribution in [0, 0.1) is 17.8 Å². The standard InChI is InChI=1S/C15H28O2Si2/c1-18(2,3)11-19(4,5)10-17-15(16)14-9-12-6-7-13(14)8-12/h6-7,12-14H,8-11H2,1-5H3. The minimum Gasteiger partial charge on any atom is -0.469 e. The van der Waals surface area contributed by atoms with Crippen LogP contribution in [0.2, 0.25) is 38.4 Å². The van der Waals surface area contributed by atoms with E-state index in [-0.39, 0.29) is 11.9 Å². The number of esters is 1. The van der Waals surface area contributed by atoms with Crippen LogP contribution in [0.4, 0.5) is 0 Å². The number of ether oxygens (including phenoxy) is 1. The topological polar surface area (TPSA) is 26.3 Å². The van der Waals surface area contributed by atoms with E-state index < -0.39 is 16.1 Å². The lowest BCUT2D eigenvalue weighted by Crippen LogP contribution is -2.42. The fourth-order valence-corrected chi connectivity index (χ4v) is 16.3. The summed E-state index contributed by atoms with van der Waals surface area (Å²) in [7, 11) is -2.42. The Kier molecular flexibility index (Phi) is 4.12. The Labute approximate surface area is 119 Å². The van der Waals surface area contributed by atoms with Crippen molar-refractivity contribution in [3.8, 4) is 0 Å². The molecule has 2 aliphatic carbocycles. The van der Waals surface area contributed by atoms with Gasteiger partial charge >= 0.3 is 5.97 Å². The van der Waals surface area contributed by atoms with E-state index in [4.69, 9.17) is 4.74 Å². The molecule has 2 rings (SSSR count). The third kappa shape index (κ3) is 4.05. The molecule has 0 spiro atoms. The van der Waals surface area contributed by atoms with Gasteiger partial charge in [0.05, 0.1) is 20.2 Å². The third-order valence-corrected chi connectivity index (χ3v) is 13.2. The zero-order valence-electron chi connectivity index (χ0n) is 13.0. The molecule has 0 saturated heterocycles. The third-order valence-electron chi connectivity index (χ3n) is 4.20. The molecule has 3 unspecified atom stereocenters. The lowest BCUT2D eigenvalue weighted by molar-refractivity contribution is -0.147. The van der Waals surface area contributed by atoms with Gasteiger partial charge in [-0.15, -0.1) is 0 Å². The zero-order valence-corrected chi connectivity index (χ0v) is 15.0. The van der Waals surface area contributed by atoms with Crippen LogP contribution in [0.1, 0.15) is 12.8 Å². The number of hydrogen-bond donors (Lipinski definition) is 0. The minimum atomic E-state index is -1.37. The summed E-state index contributed by atoms with van der Waals surface area (Å²) in [5.41, 5.74) is 1.34. The quantitative estimate of drug-likeness (QED) is 0.437. The molecule has 19 heavy (non-hydrogen) atoms. The summed E-state index contributed by atoms with van der Waals surface area (Å²) in [6.07, 6.45) is 7.42. The smallest absolute Gasteiger partial charge is 0.309 e. The Hall–Kier alpha value is -0.356. The maximum absolute atomic E-state index is 12.2. The van der Waals surface area contributed by atoms with Crippen LogP contribution >= 0.6 is 0 Å². The van der Waals surface area contributed by atoms with E-state index in [1.54, 1.807) is 0 Å². The Morgan fingerprint density at radius 3 is 2.32 bits per heavy atom. The van der Waals surface area contributed by atoms with E-state index in [0.717, 1.165) is 6.42 Å². The second-order valence-corrected chi connectivity index (χ2v) is 19.5. The largest absolute Gasteiger partial charge is 0.469 e. The highest BCUT2D eigenvalue weighted by Gasteiger charge is 2.41. The number of hydrogen-bond acceptors (Lipinski definition) is 2. The van der Waals surface area contributed by atoms with Crippen LogP contribution in [0.25, 0.3) is 0 Å². The summed E-state index contributed by atoms with van der Waals surface area (Å²) in [5.74, 6) is 1.36. The molecular weight excluding hydrogens is 268 g/mol. The molecule has 3 atom stereocenters. The Morgan fingerprint density at radius 2 is 1.84 bits per heavy atom. The molecule has 0 heterocycles. The Morgan fingerprint density at radius 1 is 1.16 bits per heavy atom. The monoisotopic (exact) mass is 296 g/mol. The van der Waals surface area contributed by atoms with Crippen molar-refractivity contribution >= 4 is 22.1 Å². The molecule has 2 aliphatic rings. The predicted octanol–water partition coefficient (Wildman–Crippen LogP) is 3.87. The van der Waals surface area contributed by atoms with E-state index in [1.807, 2.05) is 0 Å². The van der Waals surface area contributed by atoms with E-state index in [9.17, 15) is 4.79 Å². The molecule has 1 fully saturated rings. The fraction of sp³-hybridized carbons (Fsp3) is 0.800. The molecule has 0 aromatic carbocycles. The highest BCUT2D eigenvalue weighted by molar-refractivity contribution is 6.94. The van der Waals surface area contributed by atoms with Crippen molar-refractivity contribution in [3.05, 3.63) is 12.2 Å². The Bertz CT molecular complexity index is 382. The van der Waals surface area contributed by atoms with Crippen LogP contribution in [-0.2, 0) is 9.53 Å². The molecule has 2 nitrogen and oxygen atoms in total. The lowest BCUT2D eigenvalue weighted by Gasteiger charge is -2.29. The first-order valence-electron chi connectivity index (χ1n) is 7.51. The maximum Gasteiger partial charge on any atom is 0.309 e. The summed E-state index contributed by atoms with van der Waals surface area (Å²) in [4.78, 5) is 12.2. The molecule has 1 saturated carbocycles. The van der Waals surface area contributed by atoms with Gasteiger partial charge in [0, 0.05) is 8.07 Å². The van der Waals surface area contributed by atoms with Crippen molar-refractivity contribution in [2.45, 2.75) is 51.2 Å². The molecule has 0 radical (unpaired) electrons. The molecular formula is C15H28O2Si2. The molecule has 0 amide bonds. The molecule has 0 aliphatic heterocycles. The average molecular weight is 297 g/mol. The number of rotatable bonds is 5. The van der Waals surface area contributed by atoms with E-state index in [0.29, 0.717) is 18.1 Å². The van der Waals surface area contributed by atoms with Crippen LogP contribution in [0.5, 0.6) is 0 Å². The highest BCUT2D eigenvalue weighted by Crippen LogP contribution is 2.43. The summed E-state index contributed by atoms with van der Waals surface area (Å²) in [6, 6.07) is 0. The predicted molar refractivity (Wildman–Crippen MR) is 85.4 cm³/mol. The van der Waals surface area contributed by atoms with Crippen molar-refractivity contribution in [2.75, 3.05) is 6.23 Å². The van der Waals surface area contributed by atoms with Crippen molar-refractivity contribution in [2.24, 2.45) is 17.8 Å².